The molecule has 4 rings (SSSR count). The van der Waals surface area contributed by atoms with Gasteiger partial charge in [-0.25, -0.2) is 9.59 Å². The number of carbonyl (C=O) groups is 3. The maximum absolute atomic E-state index is 12.7. The van der Waals surface area contributed by atoms with E-state index in [1.807, 2.05) is 36.4 Å². The third kappa shape index (κ3) is 5.06. The fourth-order valence-corrected chi connectivity index (χ4v) is 4.79. The molecule has 0 spiro atoms. The predicted octanol–water partition coefficient (Wildman–Crippen LogP) is 4.29. The van der Waals surface area contributed by atoms with Crippen molar-refractivity contribution in [1.82, 2.24) is 5.32 Å². The van der Waals surface area contributed by atoms with Gasteiger partial charge in [-0.15, -0.1) is 0 Å². The van der Waals surface area contributed by atoms with Crippen LogP contribution < -0.4 is 10.6 Å². The molecular formula is C26H23BrN2O6. The minimum atomic E-state index is -1.45. The molecule has 4 N–H and O–H groups in total. The van der Waals surface area contributed by atoms with Crippen LogP contribution in [0.15, 0.2) is 65.1 Å². The molecule has 9 heteroatoms. The molecule has 2 amide bonds. The van der Waals surface area contributed by atoms with E-state index in [9.17, 15) is 14.4 Å². The minimum Gasteiger partial charge on any atom is -0.480 e. The zero-order valence-corrected chi connectivity index (χ0v) is 20.3. The summed E-state index contributed by atoms with van der Waals surface area (Å²) in [6, 6.07) is 17.6. The monoisotopic (exact) mass is 538 g/mol. The maximum atomic E-state index is 12.7. The molecule has 0 heterocycles. The highest BCUT2D eigenvalue weighted by Crippen LogP contribution is 2.44. The van der Waals surface area contributed by atoms with Crippen LogP contribution in [0.1, 0.15) is 33.0 Å². The average molecular weight is 539 g/mol. The van der Waals surface area contributed by atoms with Gasteiger partial charge in [0.25, 0.3) is 5.91 Å². The van der Waals surface area contributed by atoms with Crippen molar-refractivity contribution in [3.8, 4) is 11.1 Å². The molecule has 0 fully saturated rings. The number of ether oxygens (including phenoxy) is 1. The van der Waals surface area contributed by atoms with Crippen LogP contribution in [0.5, 0.6) is 0 Å². The topological polar surface area (TPSA) is 125 Å². The highest BCUT2D eigenvalue weighted by Gasteiger charge is 2.29. The number of aliphatic hydroxyl groups excluding tert-OH is 1. The van der Waals surface area contributed by atoms with Crippen molar-refractivity contribution in [2.45, 2.75) is 18.9 Å². The van der Waals surface area contributed by atoms with Gasteiger partial charge in [-0.3, -0.25) is 10.1 Å². The Labute approximate surface area is 210 Å². The summed E-state index contributed by atoms with van der Waals surface area (Å²) in [6.07, 6.45) is -0.678. The van der Waals surface area contributed by atoms with Gasteiger partial charge in [0.1, 0.15) is 6.61 Å². The van der Waals surface area contributed by atoms with Crippen LogP contribution in [0, 0.1) is 6.92 Å². The summed E-state index contributed by atoms with van der Waals surface area (Å²) < 4.78 is 5.98. The molecular weight excluding hydrogens is 516 g/mol. The first-order valence-corrected chi connectivity index (χ1v) is 11.7. The number of benzene rings is 3. The number of halogens is 1. The summed E-state index contributed by atoms with van der Waals surface area (Å²) >= 11 is 3.29. The number of rotatable bonds is 7. The van der Waals surface area contributed by atoms with E-state index in [1.165, 1.54) is 6.07 Å². The number of aliphatic hydroxyl groups is 1. The zero-order chi connectivity index (χ0) is 25.1. The van der Waals surface area contributed by atoms with E-state index in [1.54, 1.807) is 13.0 Å². The fraction of sp³-hybridized carbons (Fsp3) is 0.192. The molecule has 0 aliphatic heterocycles. The van der Waals surface area contributed by atoms with Crippen LogP contribution in [0.3, 0.4) is 0 Å². The summed E-state index contributed by atoms with van der Waals surface area (Å²) in [5.74, 6) is -2.16. The molecule has 35 heavy (non-hydrogen) atoms. The Morgan fingerprint density at radius 1 is 1.03 bits per heavy atom. The molecule has 1 aliphatic carbocycles. The number of aliphatic carboxylic acids is 1. The molecule has 0 unspecified atom stereocenters. The van der Waals surface area contributed by atoms with Crippen LogP contribution in [0.2, 0.25) is 0 Å². The Morgan fingerprint density at radius 2 is 1.63 bits per heavy atom. The Bertz CT molecular complexity index is 1260. The molecule has 0 aromatic heterocycles. The number of aryl methyl sites for hydroxylation is 1. The number of carboxylic acids is 1. The summed E-state index contributed by atoms with van der Waals surface area (Å²) in [4.78, 5) is 36.4. The molecule has 3 aromatic carbocycles. The number of fused-ring (bicyclic) bond motifs is 3. The molecule has 1 aliphatic rings. The van der Waals surface area contributed by atoms with Crippen molar-refractivity contribution in [3.63, 3.8) is 0 Å². The van der Waals surface area contributed by atoms with Gasteiger partial charge < -0.3 is 20.3 Å². The quantitative estimate of drug-likeness (QED) is 0.355. The van der Waals surface area contributed by atoms with Crippen LogP contribution in [-0.2, 0) is 9.53 Å². The second kappa shape index (κ2) is 10.3. The average Bonchev–Trinajstić information content (AvgIpc) is 3.16. The number of hydrogen-bond acceptors (Lipinski definition) is 5. The second-order valence-electron chi connectivity index (χ2n) is 8.14. The maximum Gasteiger partial charge on any atom is 0.411 e. The number of anilines is 1. The highest BCUT2D eigenvalue weighted by atomic mass is 79.9. The highest BCUT2D eigenvalue weighted by molar-refractivity contribution is 9.10. The Morgan fingerprint density at radius 3 is 2.20 bits per heavy atom. The van der Waals surface area contributed by atoms with Gasteiger partial charge in [0.15, 0.2) is 6.04 Å². The molecule has 180 valence electrons. The van der Waals surface area contributed by atoms with Gasteiger partial charge in [0, 0.05) is 16.1 Å². The van der Waals surface area contributed by atoms with Crippen LogP contribution in [-0.4, -0.2) is 47.4 Å². The predicted molar refractivity (Wildman–Crippen MR) is 134 cm³/mol. The van der Waals surface area contributed by atoms with E-state index in [-0.39, 0.29) is 18.1 Å². The van der Waals surface area contributed by atoms with Crippen molar-refractivity contribution >= 4 is 39.6 Å². The van der Waals surface area contributed by atoms with Gasteiger partial charge in [0.2, 0.25) is 0 Å². The van der Waals surface area contributed by atoms with Crippen molar-refractivity contribution < 1.29 is 29.3 Å². The third-order valence-electron chi connectivity index (χ3n) is 5.93. The summed E-state index contributed by atoms with van der Waals surface area (Å²) in [5.41, 5.74) is 5.54. The van der Waals surface area contributed by atoms with E-state index in [2.05, 4.69) is 38.7 Å². The van der Waals surface area contributed by atoms with Crippen molar-refractivity contribution in [1.29, 1.82) is 0 Å². The SMILES string of the molecule is Cc1cc(Br)c(C(=O)N[C@@H](CO)C(=O)O)cc1NC(=O)OCC1c2ccccc2-c2ccccc21. The normalized spacial score (nSPS) is 12.9. The molecule has 1 atom stereocenters. The summed E-state index contributed by atoms with van der Waals surface area (Å²) in [6.45, 7) is 1.13. The van der Waals surface area contributed by atoms with E-state index in [0.29, 0.717) is 15.7 Å². The third-order valence-corrected chi connectivity index (χ3v) is 6.58. The first-order chi connectivity index (χ1) is 16.8. The van der Waals surface area contributed by atoms with E-state index in [0.717, 1.165) is 22.3 Å². The number of nitrogens with one attached hydrogen (secondary N) is 2. The van der Waals surface area contributed by atoms with E-state index in [4.69, 9.17) is 14.9 Å². The zero-order valence-electron chi connectivity index (χ0n) is 18.7. The molecule has 8 nitrogen and oxygen atoms in total. The number of carboxylic acid groups (broad SMARTS) is 1. The van der Waals surface area contributed by atoms with Gasteiger partial charge in [-0.05, 0) is 62.8 Å². The van der Waals surface area contributed by atoms with Gasteiger partial charge >= 0.3 is 12.1 Å². The Balaban J connectivity index is 1.48. The first-order valence-electron chi connectivity index (χ1n) is 10.9. The first kappa shape index (κ1) is 24.4. The number of amides is 2. The Kier molecular flexibility index (Phi) is 7.18. The Hall–Kier alpha value is -3.69. The van der Waals surface area contributed by atoms with Crippen LogP contribution in [0.4, 0.5) is 10.5 Å². The van der Waals surface area contributed by atoms with Crippen molar-refractivity contribution in [2.75, 3.05) is 18.5 Å². The van der Waals surface area contributed by atoms with Gasteiger partial charge in [-0.1, -0.05) is 48.5 Å². The lowest BCUT2D eigenvalue weighted by Crippen LogP contribution is -2.43. The van der Waals surface area contributed by atoms with Gasteiger partial charge in [-0.2, -0.15) is 0 Å². The van der Waals surface area contributed by atoms with E-state index >= 15 is 0 Å². The van der Waals surface area contributed by atoms with Gasteiger partial charge in [0.05, 0.1) is 12.2 Å². The summed E-state index contributed by atoms with van der Waals surface area (Å²) in [7, 11) is 0. The molecule has 3 aromatic rings. The molecule has 0 radical (unpaired) electrons. The second-order valence-corrected chi connectivity index (χ2v) is 9.00. The molecule has 0 saturated heterocycles. The number of hydrogen-bond donors (Lipinski definition) is 4. The smallest absolute Gasteiger partial charge is 0.411 e. The fourth-order valence-electron chi connectivity index (χ4n) is 4.15. The van der Waals surface area contributed by atoms with E-state index < -0.39 is 30.6 Å². The van der Waals surface area contributed by atoms with Crippen molar-refractivity contribution in [3.05, 3.63) is 87.4 Å². The number of carbonyl (C=O) groups excluding carboxylic acids is 2. The van der Waals surface area contributed by atoms with Crippen LogP contribution in [0.25, 0.3) is 11.1 Å². The lowest BCUT2D eigenvalue weighted by atomic mass is 9.98. The largest absolute Gasteiger partial charge is 0.480 e. The molecule has 0 bridgehead atoms. The standard InChI is InChI=1S/C26H23BrN2O6/c1-14-10-21(27)19(24(31)28-23(12-30)25(32)33)11-22(14)29-26(34)35-13-20-17-8-4-2-6-15(17)16-7-3-5-9-18(16)20/h2-11,20,23,30H,12-13H2,1H3,(H,28,31)(H,29,34)(H,32,33)/t23-/m0/s1. The van der Waals surface area contributed by atoms with Crippen LogP contribution >= 0.6 is 15.9 Å². The molecule has 0 saturated carbocycles. The van der Waals surface area contributed by atoms with Crippen molar-refractivity contribution in [2.24, 2.45) is 0 Å². The summed E-state index contributed by atoms with van der Waals surface area (Å²) in [5, 5.41) is 23.1. The minimum absolute atomic E-state index is 0.0908. The lowest BCUT2D eigenvalue weighted by molar-refractivity contribution is -0.140. The lowest BCUT2D eigenvalue weighted by Gasteiger charge is -2.17.